The molecule has 0 unspecified atom stereocenters. The summed E-state index contributed by atoms with van der Waals surface area (Å²) in [6.07, 6.45) is 1.68. The van der Waals surface area contributed by atoms with E-state index in [1.54, 1.807) is 19.4 Å². The maximum atomic E-state index is 5.90. The minimum absolute atomic E-state index is 0.0723. The van der Waals surface area contributed by atoms with Crippen molar-refractivity contribution >= 4 is 0 Å². The normalized spacial score (nSPS) is 16.1. The molecular weight excluding hydrogens is 384 g/mol. The van der Waals surface area contributed by atoms with Gasteiger partial charge in [-0.25, -0.2) is 4.98 Å². The predicted molar refractivity (Wildman–Crippen MR) is 111 cm³/mol. The number of hydrogen-bond acceptors (Lipinski definition) is 7. The quantitative estimate of drug-likeness (QED) is 0.565. The molecule has 2 aromatic heterocycles. The highest BCUT2D eigenvalue weighted by Crippen LogP contribution is 2.28. The van der Waals surface area contributed by atoms with E-state index in [2.05, 4.69) is 9.97 Å². The molecule has 0 saturated carbocycles. The molecule has 0 spiro atoms. The van der Waals surface area contributed by atoms with Gasteiger partial charge in [-0.3, -0.25) is 4.98 Å². The lowest BCUT2D eigenvalue weighted by atomic mass is 10.1. The van der Waals surface area contributed by atoms with Crippen molar-refractivity contribution in [3.8, 4) is 28.6 Å². The number of hydrogen-bond donors (Lipinski definition) is 0. The zero-order valence-corrected chi connectivity index (χ0v) is 16.8. The molecule has 1 aliphatic heterocycles. The summed E-state index contributed by atoms with van der Waals surface area (Å²) in [4.78, 5) is 8.79. The molecular formula is C23H24N2O5. The van der Waals surface area contributed by atoms with Gasteiger partial charge in [0.1, 0.15) is 30.8 Å². The minimum atomic E-state index is -0.0723. The van der Waals surface area contributed by atoms with Gasteiger partial charge < -0.3 is 23.7 Å². The standard InChI is InChI=1S/C23H24N2O5/c1-26-23-13-20(30-16-21-15-27-10-11-28-21)12-22(25-23)17-5-7-19(8-6-17)29-14-18-4-2-3-9-24-18/h2-9,12-13,21H,10-11,14-16H2,1H3/t21-/m1/s1. The van der Waals surface area contributed by atoms with Crippen molar-refractivity contribution in [1.29, 1.82) is 0 Å². The third-order valence-electron chi connectivity index (χ3n) is 4.57. The topological polar surface area (TPSA) is 71.9 Å². The highest BCUT2D eigenvalue weighted by Gasteiger charge is 2.16. The number of nitrogens with zero attached hydrogens (tertiary/aromatic N) is 2. The van der Waals surface area contributed by atoms with Gasteiger partial charge in [0, 0.05) is 23.9 Å². The van der Waals surface area contributed by atoms with Crippen molar-refractivity contribution in [2.24, 2.45) is 0 Å². The highest BCUT2D eigenvalue weighted by atomic mass is 16.6. The fourth-order valence-corrected chi connectivity index (χ4v) is 3.00. The van der Waals surface area contributed by atoms with Gasteiger partial charge in [-0.2, -0.15) is 0 Å². The molecule has 156 valence electrons. The van der Waals surface area contributed by atoms with E-state index < -0.39 is 0 Å². The lowest BCUT2D eigenvalue weighted by molar-refractivity contribution is -0.101. The number of ether oxygens (including phenoxy) is 5. The van der Waals surface area contributed by atoms with Crippen molar-refractivity contribution in [3.63, 3.8) is 0 Å². The van der Waals surface area contributed by atoms with Crippen LogP contribution in [0.5, 0.6) is 17.4 Å². The van der Waals surface area contributed by atoms with E-state index in [0.29, 0.717) is 44.7 Å². The van der Waals surface area contributed by atoms with E-state index in [1.807, 2.05) is 48.5 Å². The lowest BCUT2D eigenvalue weighted by Crippen LogP contribution is -2.33. The van der Waals surface area contributed by atoms with Gasteiger partial charge in [0.25, 0.3) is 0 Å². The zero-order chi connectivity index (χ0) is 20.6. The van der Waals surface area contributed by atoms with Crippen LogP contribution in [-0.2, 0) is 16.1 Å². The molecule has 1 aliphatic rings. The molecule has 1 atom stereocenters. The van der Waals surface area contributed by atoms with Crippen molar-refractivity contribution in [1.82, 2.24) is 9.97 Å². The largest absolute Gasteiger partial charge is 0.491 e. The van der Waals surface area contributed by atoms with Gasteiger partial charge in [0.2, 0.25) is 5.88 Å². The van der Waals surface area contributed by atoms with Crippen LogP contribution in [0, 0.1) is 0 Å². The van der Waals surface area contributed by atoms with Gasteiger partial charge in [-0.1, -0.05) is 6.07 Å². The molecule has 0 radical (unpaired) electrons. The molecule has 3 heterocycles. The summed E-state index contributed by atoms with van der Waals surface area (Å²) < 4.78 is 28.1. The first-order valence-electron chi connectivity index (χ1n) is 9.81. The average molecular weight is 408 g/mol. The molecule has 4 rings (SSSR count). The van der Waals surface area contributed by atoms with E-state index in [1.165, 1.54) is 0 Å². The molecule has 0 amide bonds. The molecule has 0 aliphatic carbocycles. The number of aromatic nitrogens is 2. The van der Waals surface area contributed by atoms with Crippen LogP contribution in [0.25, 0.3) is 11.3 Å². The SMILES string of the molecule is COc1cc(OC[C@H]2COCCO2)cc(-c2ccc(OCc3ccccn3)cc2)n1. The van der Waals surface area contributed by atoms with Gasteiger partial charge in [-0.15, -0.1) is 0 Å². The van der Waals surface area contributed by atoms with Crippen LogP contribution in [0.1, 0.15) is 5.69 Å². The molecule has 0 bridgehead atoms. The van der Waals surface area contributed by atoms with Crippen LogP contribution >= 0.6 is 0 Å². The monoisotopic (exact) mass is 408 g/mol. The van der Waals surface area contributed by atoms with Gasteiger partial charge in [0.05, 0.1) is 38.3 Å². The molecule has 1 saturated heterocycles. The molecule has 7 nitrogen and oxygen atoms in total. The Morgan fingerprint density at radius 1 is 1.00 bits per heavy atom. The average Bonchev–Trinajstić information content (AvgIpc) is 2.83. The fourth-order valence-electron chi connectivity index (χ4n) is 3.00. The van der Waals surface area contributed by atoms with Gasteiger partial charge in [-0.05, 0) is 36.4 Å². The van der Waals surface area contributed by atoms with Crippen LogP contribution in [0.4, 0.5) is 0 Å². The summed E-state index contributed by atoms with van der Waals surface area (Å²) in [5, 5.41) is 0. The molecule has 1 aromatic carbocycles. The molecule has 30 heavy (non-hydrogen) atoms. The van der Waals surface area contributed by atoms with Crippen LogP contribution in [0.15, 0.2) is 60.8 Å². The number of rotatable bonds is 8. The number of benzene rings is 1. The van der Waals surface area contributed by atoms with E-state index in [-0.39, 0.29) is 6.10 Å². The first-order chi connectivity index (χ1) is 14.8. The van der Waals surface area contributed by atoms with Crippen molar-refractivity contribution < 1.29 is 23.7 Å². The maximum absolute atomic E-state index is 5.90. The Bertz CT molecular complexity index is 928. The summed E-state index contributed by atoms with van der Waals surface area (Å²) in [7, 11) is 1.59. The minimum Gasteiger partial charge on any atom is -0.491 e. The third-order valence-corrected chi connectivity index (χ3v) is 4.57. The van der Waals surface area contributed by atoms with E-state index in [9.17, 15) is 0 Å². The summed E-state index contributed by atoms with van der Waals surface area (Å²) >= 11 is 0. The molecule has 1 fully saturated rings. The Kier molecular flexibility index (Phi) is 6.74. The first kappa shape index (κ1) is 20.1. The molecule has 7 heteroatoms. The maximum Gasteiger partial charge on any atom is 0.217 e. The number of pyridine rings is 2. The van der Waals surface area contributed by atoms with Crippen LogP contribution in [0.3, 0.4) is 0 Å². The second kappa shape index (κ2) is 10.0. The fraction of sp³-hybridized carbons (Fsp3) is 0.304. The number of methoxy groups -OCH3 is 1. The predicted octanol–water partition coefficient (Wildman–Crippen LogP) is 3.53. The van der Waals surface area contributed by atoms with Crippen LogP contribution < -0.4 is 14.2 Å². The zero-order valence-electron chi connectivity index (χ0n) is 16.8. The Morgan fingerprint density at radius 2 is 1.90 bits per heavy atom. The van der Waals surface area contributed by atoms with Crippen LogP contribution in [-0.4, -0.2) is 49.6 Å². The Balaban J connectivity index is 1.42. The van der Waals surface area contributed by atoms with Gasteiger partial charge in [0.15, 0.2) is 0 Å². The second-order valence-electron chi connectivity index (χ2n) is 6.74. The third kappa shape index (κ3) is 5.46. The van der Waals surface area contributed by atoms with E-state index in [0.717, 1.165) is 22.7 Å². The van der Waals surface area contributed by atoms with E-state index >= 15 is 0 Å². The Labute approximate surface area is 175 Å². The summed E-state index contributed by atoms with van der Waals surface area (Å²) in [6, 6.07) is 17.1. The van der Waals surface area contributed by atoms with Crippen molar-refractivity contribution in [3.05, 3.63) is 66.5 Å². The summed E-state index contributed by atoms with van der Waals surface area (Å²) in [6.45, 7) is 2.59. The van der Waals surface area contributed by atoms with Crippen LogP contribution in [0.2, 0.25) is 0 Å². The Morgan fingerprint density at radius 3 is 2.63 bits per heavy atom. The van der Waals surface area contributed by atoms with Gasteiger partial charge >= 0.3 is 0 Å². The molecule has 0 N–H and O–H groups in total. The first-order valence-corrected chi connectivity index (χ1v) is 9.81. The smallest absolute Gasteiger partial charge is 0.217 e. The molecule has 3 aromatic rings. The lowest BCUT2D eigenvalue weighted by Gasteiger charge is -2.23. The Hall–Kier alpha value is -3.16. The summed E-state index contributed by atoms with van der Waals surface area (Å²) in [5.74, 6) is 1.92. The van der Waals surface area contributed by atoms with Crippen molar-refractivity contribution in [2.45, 2.75) is 12.7 Å². The second-order valence-corrected chi connectivity index (χ2v) is 6.74. The van der Waals surface area contributed by atoms with Crippen molar-refractivity contribution in [2.75, 3.05) is 33.5 Å². The van der Waals surface area contributed by atoms with E-state index in [4.69, 9.17) is 23.7 Å². The summed E-state index contributed by atoms with van der Waals surface area (Å²) in [5.41, 5.74) is 2.56. The highest BCUT2D eigenvalue weighted by molar-refractivity contribution is 5.62.